The maximum Gasteiger partial charge on any atom is 0.255 e. The van der Waals surface area contributed by atoms with Crippen molar-refractivity contribution >= 4 is 29.5 Å². The highest BCUT2D eigenvalue weighted by molar-refractivity contribution is 5.96. The molecule has 0 bridgehead atoms. The normalized spacial score (nSPS) is 16.9. The van der Waals surface area contributed by atoms with Gasteiger partial charge in [-0.25, -0.2) is 4.98 Å². The van der Waals surface area contributed by atoms with Crippen molar-refractivity contribution in [2.24, 2.45) is 5.10 Å². The Balaban J connectivity index is 1.70. The molecule has 4 heterocycles. The van der Waals surface area contributed by atoms with Crippen molar-refractivity contribution in [2.45, 2.75) is 19.3 Å². The zero-order valence-corrected chi connectivity index (χ0v) is 18.4. The van der Waals surface area contributed by atoms with Crippen LogP contribution in [0.3, 0.4) is 0 Å². The van der Waals surface area contributed by atoms with E-state index in [0.29, 0.717) is 11.1 Å². The summed E-state index contributed by atoms with van der Waals surface area (Å²) in [7, 11) is 5.65. The lowest BCUT2D eigenvalue weighted by Gasteiger charge is -2.36. The number of carbonyl (C=O) groups is 2. The van der Waals surface area contributed by atoms with Gasteiger partial charge in [0.25, 0.3) is 5.91 Å². The van der Waals surface area contributed by atoms with Crippen molar-refractivity contribution < 1.29 is 9.59 Å². The van der Waals surface area contributed by atoms with Crippen molar-refractivity contribution in [3.63, 3.8) is 0 Å². The molecule has 0 aliphatic carbocycles. The van der Waals surface area contributed by atoms with Crippen LogP contribution in [-0.4, -0.2) is 79.1 Å². The maximum atomic E-state index is 13.0. The molecule has 1 fully saturated rings. The zero-order valence-electron chi connectivity index (χ0n) is 18.4. The molecule has 9 nitrogen and oxygen atoms in total. The average molecular weight is 424 g/mol. The van der Waals surface area contributed by atoms with Gasteiger partial charge in [0, 0.05) is 71.5 Å². The summed E-state index contributed by atoms with van der Waals surface area (Å²) in [6.45, 7) is 3.16. The lowest BCUT2D eigenvalue weighted by Crippen LogP contribution is -2.39. The number of anilines is 3. The molecule has 2 aromatic heterocycles. The van der Waals surface area contributed by atoms with Gasteiger partial charge in [0.15, 0.2) is 11.3 Å². The summed E-state index contributed by atoms with van der Waals surface area (Å²) < 4.78 is 1.44. The highest BCUT2D eigenvalue weighted by Crippen LogP contribution is 2.35. The molecule has 0 aromatic carbocycles. The van der Waals surface area contributed by atoms with Crippen LogP contribution in [0, 0.1) is 0 Å². The lowest BCUT2D eigenvalue weighted by atomic mass is 10.1. The number of fused-ring (bicyclic) bond motifs is 1. The van der Waals surface area contributed by atoms with Gasteiger partial charge < -0.3 is 19.7 Å². The van der Waals surface area contributed by atoms with E-state index in [9.17, 15) is 9.59 Å². The van der Waals surface area contributed by atoms with Gasteiger partial charge >= 0.3 is 0 Å². The summed E-state index contributed by atoms with van der Waals surface area (Å²) in [6, 6.07) is 5.70. The minimum Gasteiger partial charge on any atom is -0.370 e. The van der Waals surface area contributed by atoms with Crippen LogP contribution in [0.2, 0.25) is 0 Å². The summed E-state index contributed by atoms with van der Waals surface area (Å²) >= 11 is 0. The highest BCUT2D eigenvalue weighted by Gasteiger charge is 2.26. The van der Waals surface area contributed by atoms with E-state index in [0.717, 1.165) is 62.6 Å². The van der Waals surface area contributed by atoms with Crippen molar-refractivity contribution in [3.05, 3.63) is 41.6 Å². The first-order valence-corrected chi connectivity index (χ1v) is 10.7. The average Bonchev–Trinajstić information content (AvgIpc) is 2.79. The topological polar surface area (TPSA) is 77.3 Å². The van der Waals surface area contributed by atoms with E-state index in [1.807, 2.05) is 44.2 Å². The summed E-state index contributed by atoms with van der Waals surface area (Å²) in [5, 5.41) is 6.06. The van der Waals surface area contributed by atoms with Crippen LogP contribution in [0.25, 0.3) is 0 Å². The third-order valence-electron chi connectivity index (χ3n) is 5.74. The van der Waals surface area contributed by atoms with Crippen LogP contribution in [0.15, 0.2) is 35.7 Å². The van der Waals surface area contributed by atoms with Crippen LogP contribution in [-0.2, 0) is 4.79 Å². The Labute approximate surface area is 182 Å². The lowest BCUT2D eigenvalue weighted by molar-refractivity contribution is 0.0724. The smallest absolute Gasteiger partial charge is 0.255 e. The quantitative estimate of drug-likeness (QED) is 0.548. The monoisotopic (exact) mass is 423 g/mol. The predicted molar refractivity (Wildman–Crippen MR) is 120 cm³/mol. The van der Waals surface area contributed by atoms with E-state index in [4.69, 9.17) is 4.98 Å². The number of hydrogen-bond acceptors (Lipinski definition) is 7. The van der Waals surface area contributed by atoms with E-state index >= 15 is 0 Å². The van der Waals surface area contributed by atoms with Crippen LogP contribution in [0.5, 0.6) is 0 Å². The zero-order chi connectivity index (χ0) is 22.0. The van der Waals surface area contributed by atoms with Gasteiger partial charge in [-0.3, -0.25) is 14.2 Å². The molecule has 31 heavy (non-hydrogen) atoms. The van der Waals surface area contributed by atoms with Crippen LogP contribution < -0.4 is 15.3 Å². The van der Waals surface area contributed by atoms with E-state index < -0.39 is 0 Å². The number of rotatable bonds is 4. The Morgan fingerprint density at radius 1 is 1.13 bits per heavy atom. The van der Waals surface area contributed by atoms with Gasteiger partial charge in [-0.15, -0.1) is 0 Å². The molecule has 9 heteroatoms. The largest absolute Gasteiger partial charge is 0.370 e. The summed E-state index contributed by atoms with van der Waals surface area (Å²) in [5.74, 6) is 0.850. The van der Waals surface area contributed by atoms with Crippen molar-refractivity contribution in [3.8, 4) is 0 Å². The first-order valence-electron chi connectivity index (χ1n) is 10.7. The number of piperidine rings is 1. The number of hydrogen-bond donors (Lipinski definition) is 0. The third-order valence-corrected chi connectivity index (χ3v) is 5.74. The van der Waals surface area contributed by atoms with E-state index in [2.05, 4.69) is 14.9 Å². The first kappa shape index (κ1) is 20.9. The molecule has 1 saturated heterocycles. The Morgan fingerprint density at radius 2 is 1.90 bits per heavy atom. The number of nitrogens with zero attached hydrogens (tertiary/aromatic N) is 7. The molecule has 0 atom stereocenters. The number of likely N-dealkylation sites (N-methyl/N-ethyl adjacent to an activating group) is 1. The van der Waals surface area contributed by atoms with Gasteiger partial charge in [0.2, 0.25) is 6.41 Å². The second-order valence-electron chi connectivity index (χ2n) is 8.20. The fourth-order valence-electron chi connectivity index (χ4n) is 4.09. The van der Waals surface area contributed by atoms with Crippen LogP contribution in [0.1, 0.15) is 29.6 Å². The van der Waals surface area contributed by atoms with Gasteiger partial charge in [-0.2, -0.15) is 5.10 Å². The molecular weight excluding hydrogens is 394 g/mol. The molecule has 2 aliphatic heterocycles. The van der Waals surface area contributed by atoms with Crippen LogP contribution >= 0.6 is 0 Å². The Bertz CT molecular complexity index is 1040. The molecule has 0 saturated carbocycles. The van der Waals surface area contributed by atoms with Gasteiger partial charge in [-0.1, -0.05) is 0 Å². The molecule has 1 amide bonds. The molecule has 0 unspecified atom stereocenters. The Hall–Kier alpha value is -3.36. The molecule has 164 valence electrons. The Morgan fingerprint density at radius 3 is 2.61 bits per heavy atom. The molecular formula is C22H29N7O2. The van der Waals surface area contributed by atoms with Crippen molar-refractivity contribution in [1.82, 2.24) is 19.5 Å². The second-order valence-corrected chi connectivity index (χ2v) is 8.20. The number of aromatic nitrogens is 2. The number of amides is 1. The van der Waals surface area contributed by atoms with E-state index in [1.165, 1.54) is 11.0 Å². The summed E-state index contributed by atoms with van der Waals surface area (Å²) in [4.78, 5) is 35.2. The number of likely N-dealkylation sites (tertiary alicyclic amines) is 1. The molecule has 0 spiro atoms. The van der Waals surface area contributed by atoms with Gasteiger partial charge in [-0.05, 0) is 31.4 Å². The number of carbonyl (C=O) groups excluding carboxylic acids is 2. The Kier molecular flexibility index (Phi) is 5.92. The fourth-order valence-corrected chi connectivity index (χ4v) is 4.09. The van der Waals surface area contributed by atoms with Gasteiger partial charge in [0.05, 0.1) is 11.3 Å². The predicted octanol–water partition coefficient (Wildman–Crippen LogP) is 1.51. The standard InChI is InChI=1S/C22H29N7O2/c1-25(2)24-20-14-18(7-10-28(20)16-30)29-12-11-26(3)19-13-17(15-23-21(19)29)22(31)27-8-5-4-6-9-27/h7,10,13-16H,4-6,8-9,11-12H2,1-3H3/b24-20-. The van der Waals surface area contributed by atoms with Gasteiger partial charge in [0.1, 0.15) is 0 Å². The molecule has 0 radical (unpaired) electrons. The second kappa shape index (κ2) is 8.79. The van der Waals surface area contributed by atoms with E-state index in [-0.39, 0.29) is 5.91 Å². The fraction of sp³-hybridized carbons (Fsp3) is 0.455. The first-order chi connectivity index (χ1) is 15.0. The summed E-state index contributed by atoms with van der Waals surface area (Å²) in [5.41, 5.74) is 2.99. The SMILES string of the molecule is CN(C)/N=c1/cc(N2CCN(C)c3cc(C(=O)N4CCCCC4)cnc32)ccn1C=O. The van der Waals surface area contributed by atoms with Crippen molar-refractivity contribution in [2.75, 3.05) is 57.1 Å². The van der Waals surface area contributed by atoms with Crippen LogP contribution in [0.4, 0.5) is 17.2 Å². The van der Waals surface area contributed by atoms with Crippen molar-refractivity contribution in [1.29, 1.82) is 0 Å². The molecule has 0 N–H and O–H groups in total. The molecule has 2 aliphatic rings. The summed E-state index contributed by atoms with van der Waals surface area (Å²) in [6.07, 6.45) is 7.44. The molecule has 4 rings (SSSR count). The van der Waals surface area contributed by atoms with E-state index in [1.54, 1.807) is 17.4 Å². The highest BCUT2D eigenvalue weighted by atomic mass is 16.2. The maximum absolute atomic E-state index is 13.0. The molecule has 2 aromatic rings. The minimum atomic E-state index is 0.0549. The number of pyridine rings is 2. The minimum absolute atomic E-state index is 0.0549. The third kappa shape index (κ3) is 4.26.